The van der Waals surface area contributed by atoms with Crippen LogP contribution in [0, 0.1) is 0 Å². The van der Waals surface area contributed by atoms with Crippen molar-refractivity contribution in [3.8, 4) is 0 Å². The Morgan fingerprint density at radius 3 is 2.70 bits per heavy atom. The number of aromatic nitrogens is 3. The van der Waals surface area contributed by atoms with E-state index in [-0.39, 0.29) is 18.0 Å². The van der Waals surface area contributed by atoms with Crippen LogP contribution in [0.15, 0.2) is 41.8 Å². The van der Waals surface area contributed by atoms with Crippen LogP contribution in [-0.4, -0.2) is 51.7 Å². The van der Waals surface area contributed by atoms with E-state index in [2.05, 4.69) is 10.1 Å². The first-order chi connectivity index (χ1) is 10.9. The van der Waals surface area contributed by atoms with E-state index in [1.54, 1.807) is 25.1 Å². The first-order valence-corrected chi connectivity index (χ1v) is 8.51. The maximum absolute atomic E-state index is 12.8. The molecule has 0 saturated carbocycles. The minimum absolute atomic E-state index is 0.0881. The van der Waals surface area contributed by atoms with E-state index < -0.39 is 22.5 Å². The van der Waals surface area contributed by atoms with Gasteiger partial charge >= 0.3 is 5.97 Å². The molecule has 8 nitrogen and oxygen atoms in total. The van der Waals surface area contributed by atoms with Crippen molar-refractivity contribution in [3.05, 3.63) is 42.5 Å². The predicted molar refractivity (Wildman–Crippen MR) is 82.3 cm³/mol. The summed E-state index contributed by atoms with van der Waals surface area (Å²) < 4.78 is 28.1. The lowest BCUT2D eigenvalue weighted by molar-refractivity contribution is -0.137. The van der Waals surface area contributed by atoms with Crippen molar-refractivity contribution in [2.24, 2.45) is 0 Å². The van der Waals surface area contributed by atoms with Gasteiger partial charge in [0.1, 0.15) is 19.2 Å². The maximum atomic E-state index is 12.8. The molecule has 1 aromatic carbocycles. The van der Waals surface area contributed by atoms with E-state index in [9.17, 15) is 13.2 Å². The van der Waals surface area contributed by atoms with Crippen molar-refractivity contribution in [1.29, 1.82) is 0 Å². The van der Waals surface area contributed by atoms with Crippen molar-refractivity contribution >= 4 is 16.0 Å². The van der Waals surface area contributed by atoms with Crippen LogP contribution in [0.5, 0.6) is 0 Å². The maximum Gasteiger partial charge on any atom is 0.318 e. The molecule has 0 amide bonds. The van der Waals surface area contributed by atoms with Crippen LogP contribution in [0.4, 0.5) is 0 Å². The SMILES string of the molecule is CCCN(CC(=O)O)S(=O)(=O)c1ccccc1Cn1cncn1. The number of hydrogen-bond acceptors (Lipinski definition) is 5. The minimum Gasteiger partial charge on any atom is -0.480 e. The summed E-state index contributed by atoms with van der Waals surface area (Å²) in [6, 6.07) is 6.50. The molecule has 1 heterocycles. The first kappa shape index (κ1) is 17.1. The van der Waals surface area contributed by atoms with E-state index in [0.29, 0.717) is 12.0 Å². The van der Waals surface area contributed by atoms with Gasteiger partial charge in [-0.05, 0) is 18.1 Å². The Bertz CT molecular complexity index is 759. The Morgan fingerprint density at radius 2 is 2.09 bits per heavy atom. The zero-order valence-corrected chi connectivity index (χ0v) is 13.5. The largest absolute Gasteiger partial charge is 0.480 e. The number of carboxylic acid groups (broad SMARTS) is 1. The molecule has 1 N–H and O–H groups in total. The summed E-state index contributed by atoms with van der Waals surface area (Å²) in [7, 11) is -3.90. The average Bonchev–Trinajstić information content (AvgIpc) is 3.00. The van der Waals surface area contributed by atoms with Gasteiger partial charge in [0.2, 0.25) is 10.0 Å². The Morgan fingerprint density at radius 1 is 1.35 bits per heavy atom. The van der Waals surface area contributed by atoms with Gasteiger partial charge in [-0.1, -0.05) is 25.1 Å². The Kier molecular flexibility index (Phi) is 5.45. The monoisotopic (exact) mass is 338 g/mol. The minimum atomic E-state index is -3.90. The molecule has 9 heteroatoms. The van der Waals surface area contributed by atoms with Crippen LogP contribution in [0.3, 0.4) is 0 Å². The topological polar surface area (TPSA) is 105 Å². The second-order valence-corrected chi connectivity index (χ2v) is 6.84. The summed E-state index contributed by atoms with van der Waals surface area (Å²) >= 11 is 0. The summed E-state index contributed by atoms with van der Waals surface area (Å²) in [5, 5.41) is 12.9. The van der Waals surface area contributed by atoms with Crippen LogP contribution in [0.1, 0.15) is 18.9 Å². The van der Waals surface area contributed by atoms with Gasteiger partial charge in [-0.15, -0.1) is 0 Å². The summed E-state index contributed by atoms with van der Waals surface area (Å²) in [6.45, 7) is 1.62. The van der Waals surface area contributed by atoms with Crippen molar-refractivity contribution < 1.29 is 18.3 Å². The van der Waals surface area contributed by atoms with Gasteiger partial charge in [-0.2, -0.15) is 9.40 Å². The van der Waals surface area contributed by atoms with Gasteiger partial charge in [0.25, 0.3) is 0 Å². The number of sulfonamides is 1. The third kappa shape index (κ3) is 4.14. The highest BCUT2D eigenvalue weighted by Crippen LogP contribution is 2.21. The highest BCUT2D eigenvalue weighted by Gasteiger charge is 2.28. The Labute approximate surface area is 134 Å². The van der Waals surface area contributed by atoms with Crippen molar-refractivity contribution in [2.75, 3.05) is 13.1 Å². The molecule has 23 heavy (non-hydrogen) atoms. The van der Waals surface area contributed by atoms with E-state index in [0.717, 1.165) is 4.31 Å². The number of hydrogen-bond donors (Lipinski definition) is 1. The van der Waals surface area contributed by atoms with Gasteiger partial charge in [0.15, 0.2) is 0 Å². The zero-order valence-electron chi connectivity index (χ0n) is 12.7. The van der Waals surface area contributed by atoms with Crippen LogP contribution >= 0.6 is 0 Å². The van der Waals surface area contributed by atoms with Gasteiger partial charge in [0, 0.05) is 6.54 Å². The third-order valence-electron chi connectivity index (χ3n) is 3.17. The highest BCUT2D eigenvalue weighted by atomic mass is 32.2. The Hall–Kier alpha value is -2.26. The van der Waals surface area contributed by atoms with Crippen molar-refractivity contribution in [3.63, 3.8) is 0 Å². The molecule has 0 aliphatic heterocycles. The van der Waals surface area contributed by atoms with Gasteiger partial charge in [-0.3, -0.25) is 4.79 Å². The van der Waals surface area contributed by atoms with Crippen LogP contribution in [0.2, 0.25) is 0 Å². The molecule has 0 saturated heterocycles. The number of aliphatic carboxylic acids is 1. The van der Waals surface area contributed by atoms with Crippen LogP contribution in [0.25, 0.3) is 0 Å². The molecule has 2 rings (SSSR count). The molecule has 0 bridgehead atoms. The number of carbonyl (C=O) groups is 1. The first-order valence-electron chi connectivity index (χ1n) is 7.07. The quantitative estimate of drug-likeness (QED) is 0.763. The lowest BCUT2D eigenvalue weighted by Gasteiger charge is -2.21. The second-order valence-electron chi connectivity index (χ2n) is 4.93. The van der Waals surface area contributed by atoms with E-state index in [1.807, 2.05) is 0 Å². The smallest absolute Gasteiger partial charge is 0.318 e. The van der Waals surface area contributed by atoms with Crippen LogP contribution in [-0.2, 0) is 21.4 Å². The molecule has 124 valence electrons. The molecule has 2 aromatic rings. The molecular formula is C14H18N4O4S. The third-order valence-corrected chi connectivity index (χ3v) is 5.12. The van der Waals surface area contributed by atoms with E-state index in [1.165, 1.54) is 23.4 Å². The number of nitrogens with zero attached hydrogens (tertiary/aromatic N) is 4. The zero-order chi connectivity index (χ0) is 16.9. The predicted octanol–water partition coefficient (Wildman–Crippen LogP) is 0.812. The van der Waals surface area contributed by atoms with Gasteiger partial charge < -0.3 is 5.11 Å². The second kappa shape index (κ2) is 7.34. The fraction of sp³-hybridized carbons (Fsp3) is 0.357. The molecule has 0 unspecified atom stereocenters. The molecule has 0 spiro atoms. The van der Waals surface area contributed by atoms with Gasteiger partial charge in [-0.25, -0.2) is 18.1 Å². The molecule has 0 aliphatic carbocycles. The van der Waals surface area contributed by atoms with E-state index >= 15 is 0 Å². The van der Waals surface area contributed by atoms with Gasteiger partial charge in [0.05, 0.1) is 11.4 Å². The number of benzene rings is 1. The lowest BCUT2D eigenvalue weighted by atomic mass is 10.2. The molecule has 1 aromatic heterocycles. The molecular weight excluding hydrogens is 320 g/mol. The summed E-state index contributed by atoms with van der Waals surface area (Å²) in [6.07, 6.45) is 3.38. The fourth-order valence-electron chi connectivity index (χ4n) is 2.20. The fourth-order valence-corrected chi connectivity index (χ4v) is 3.89. The number of rotatable bonds is 8. The normalized spacial score (nSPS) is 11.7. The highest BCUT2D eigenvalue weighted by molar-refractivity contribution is 7.89. The molecule has 0 aliphatic rings. The Balaban J connectivity index is 2.40. The van der Waals surface area contributed by atoms with Crippen molar-refractivity contribution in [2.45, 2.75) is 24.8 Å². The standard InChI is InChI=1S/C14H18N4O4S/c1-2-7-18(9-14(19)20)23(21,22)13-6-4-3-5-12(13)8-17-11-15-10-16-17/h3-6,10-11H,2,7-9H2,1H3,(H,19,20). The average molecular weight is 338 g/mol. The van der Waals surface area contributed by atoms with Crippen LogP contribution < -0.4 is 0 Å². The molecule has 0 atom stereocenters. The van der Waals surface area contributed by atoms with Crippen molar-refractivity contribution in [1.82, 2.24) is 19.1 Å². The van der Waals surface area contributed by atoms with E-state index in [4.69, 9.17) is 5.11 Å². The summed E-state index contributed by atoms with van der Waals surface area (Å²) in [5.41, 5.74) is 0.532. The number of carboxylic acids is 1. The lowest BCUT2D eigenvalue weighted by Crippen LogP contribution is -2.36. The molecule has 0 radical (unpaired) electrons. The molecule has 0 fully saturated rings. The summed E-state index contributed by atoms with van der Waals surface area (Å²) in [4.78, 5) is 14.9. The summed E-state index contributed by atoms with van der Waals surface area (Å²) in [5.74, 6) is -1.18.